The predicted octanol–water partition coefficient (Wildman–Crippen LogP) is 3.75. The number of ether oxygens (including phenoxy) is 2. The Kier molecular flexibility index (Phi) is 7.08. The Morgan fingerprint density at radius 3 is 2.15 bits per heavy atom. The Balaban J connectivity index is 1.41. The van der Waals surface area contributed by atoms with E-state index in [1.165, 1.54) is 6.34 Å². The average Bonchev–Trinajstić information content (AvgIpc) is 3.57. The van der Waals surface area contributed by atoms with Crippen molar-refractivity contribution in [1.29, 1.82) is 0 Å². The number of amidine groups is 1. The number of nitrogens with zero attached hydrogens (tertiary/aromatic N) is 4. The number of hydrogen-bond acceptors (Lipinski definition) is 8. The molecule has 206 valence electrons. The number of fused-ring (bicyclic) bond motifs is 1. The number of benzene rings is 3. The number of aliphatic hydroxyl groups excluding tert-OH is 1. The first kappa shape index (κ1) is 26.2. The molecule has 0 aromatic heterocycles. The molecule has 1 fully saturated rings. The molecule has 3 aromatic carbocycles. The average molecular weight is 542 g/mol. The lowest BCUT2D eigenvalue weighted by Gasteiger charge is -2.40. The van der Waals surface area contributed by atoms with Gasteiger partial charge in [-0.2, -0.15) is 0 Å². The number of halogens is 1. The topological polar surface area (TPSA) is 91.0 Å². The van der Waals surface area contributed by atoms with E-state index in [2.05, 4.69) is 39.6 Å². The largest absolute Gasteiger partial charge is 0.497 e. The van der Waals surface area contributed by atoms with E-state index in [1.54, 1.807) is 25.3 Å². The first-order chi connectivity index (χ1) is 19.6. The van der Waals surface area contributed by atoms with Crippen LogP contribution in [0.4, 0.5) is 4.39 Å². The number of alkyl halides is 1. The van der Waals surface area contributed by atoms with Gasteiger partial charge in [0.2, 0.25) is 0 Å². The van der Waals surface area contributed by atoms with Crippen molar-refractivity contribution >= 4 is 18.5 Å². The molecular weight excluding hydrogens is 509 g/mol. The van der Waals surface area contributed by atoms with Crippen LogP contribution in [0.3, 0.4) is 0 Å². The number of aliphatic hydroxyl groups is 1. The lowest BCUT2D eigenvalue weighted by atomic mass is 9.76. The van der Waals surface area contributed by atoms with E-state index in [0.29, 0.717) is 5.84 Å². The molecule has 1 saturated heterocycles. The fourth-order valence-corrected chi connectivity index (χ4v) is 5.80. The highest BCUT2D eigenvalue weighted by molar-refractivity contribution is 5.98. The van der Waals surface area contributed by atoms with Crippen molar-refractivity contribution in [2.24, 2.45) is 20.9 Å². The summed E-state index contributed by atoms with van der Waals surface area (Å²) in [7, 11) is 1.65. The van der Waals surface area contributed by atoms with Crippen LogP contribution in [0.15, 0.2) is 99.9 Å². The Morgan fingerprint density at radius 1 is 0.950 bits per heavy atom. The quantitative estimate of drug-likeness (QED) is 0.445. The molecule has 3 heterocycles. The molecular formula is C31H32FN5O3. The summed E-state index contributed by atoms with van der Waals surface area (Å²) < 4.78 is 26.6. The second-order valence-electron chi connectivity index (χ2n) is 10.2. The van der Waals surface area contributed by atoms with E-state index in [0.717, 1.165) is 22.4 Å². The molecule has 2 N–H and O–H groups in total. The molecule has 0 spiro atoms. The number of hydrogen-bond donors (Lipinski definition) is 2. The summed E-state index contributed by atoms with van der Waals surface area (Å²) in [4.78, 5) is 15.7. The summed E-state index contributed by atoms with van der Waals surface area (Å²) in [6, 6.07) is 27.8. The third kappa shape index (κ3) is 4.35. The van der Waals surface area contributed by atoms with E-state index in [9.17, 15) is 5.11 Å². The number of nitrogens with one attached hydrogen (secondary N) is 1. The molecule has 3 aliphatic rings. The van der Waals surface area contributed by atoms with Gasteiger partial charge in [-0.05, 0) is 28.8 Å². The summed E-state index contributed by atoms with van der Waals surface area (Å²) in [5.74, 6) is 0.910. The zero-order chi connectivity index (χ0) is 27.7. The highest BCUT2D eigenvalue weighted by Crippen LogP contribution is 2.39. The van der Waals surface area contributed by atoms with Gasteiger partial charge in [-0.25, -0.2) is 14.4 Å². The van der Waals surface area contributed by atoms with E-state index >= 15 is 4.39 Å². The lowest BCUT2D eigenvalue weighted by Crippen LogP contribution is -2.56. The van der Waals surface area contributed by atoms with Gasteiger partial charge in [0.15, 0.2) is 12.4 Å². The van der Waals surface area contributed by atoms with Crippen molar-refractivity contribution in [3.8, 4) is 5.75 Å². The van der Waals surface area contributed by atoms with Gasteiger partial charge in [-0.1, -0.05) is 79.7 Å². The van der Waals surface area contributed by atoms with Crippen molar-refractivity contribution < 1.29 is 19.0 Å². The molecule has 6 atom stereocenters. The third-order valence-corrected chi connectivity index (χ3v) is 8.05. The van der Waals surface area contributed by atoms with Gasteiger partial charge in [-0.3, -0.25) is 4.99 Å². The maximum Gasteiger partial charge on any atom is 0.164 e. The summed E-state index contributed by atoms with van der Waals surface area (Å²) in [5, 5.41) is 13.4. The zero-order valence-electron chi connectivity index (χ0n) is 22.3. The van der Waals surface area contributed by atoms with Crippen LogP contribution in [0, 0.1) is 5.92 Å². The Morgan fingerprint density at radius 2 is 1.57 bits per heavy atom. The first-order valence-corrected chi connectivity index (χ1v) is 13.4. The maximum atomic E-state index is 15.3. The molecule has 0 amide bonds. The smallest absolute Gasteiger partial charge is 0.164 e. The van der Waals surface area contributed by atoms with Crippen molar-refractivity contribution in [2.75, 3.05) is 13.7 Å². The van der Waals surface area contributed by atoms with Crippen LogP contribution in [-0.2, 0) is 10.3 Å². The summed E-state index contributed by atoms with van der Waals surface area (Å²) >= 11 is 0. The maximum absolute atomic E-state index is 15.3. The molecule has 9 heteroatoms. The standard InChI is InChI=1S/C31H32FN5O3/c1-20-25(17-38)40-30(26(20)32)37-19-35-27-28(33-18-34-29(27)37)36-31(21-9-5-3-6-10-21,22-11-7-4-8-12-22)23-13-15-24(39-2)16-14-23/h3-16,18-20,25-27,29-30,38H,17H2,1-2H3,(H,33,34,36)/t20-,25-,26-,27?,29?,30-/m1/s1. The van der Waals surface area contributed by atoms with Crippen molar-refractivity contribution in [3.63, 3.8) is 0 Å². The second-order valence-corrected chi connectivity index (χ2v) is 10.2. The van der Waals surface area contributed by atoms with Crippen molar-refractivity contribution in [2.45, 2.75) is 43.2 Å². The fourth-order valence-electron chi connectivity index (χ4n) is 5.80. The van der Waals surface area contributed by atoms with Crippen LogP contribution in [0.2, 0.25) is 0 Å². The molecule has 40 heavy (non-hydrogen) atoms. The van der Waals surface area contributed by atoms with Gasteiger partial charge in [0.05, 0.1) is 26.2 Å². The van der Waals surface area contributed by atoms with Gasteiger partial charge < -0.3 is 24.8 Å². The summed E-state index contributed by atoms with van der Waals surface area (Å²) in [6.45, 7) is 1.50. The van der Waals surface area contributed by atoms with Gasteiger partial charge in [0.25, 0.3) is 0 Å². The first-order valence-electron chi connectivity index (χ1n) is 13.4. The van der Waals surface area contributed by atoms with Crippen LogP contribution in [0.25, 0.3) is 0 Å². The van der Waals surface area contributed by atoms with Crippen LogP contribution in [0.1, 0.15) is 23.6 Å². The molecule has 0 bridgehead atoms. The normalized spacial score (nSPS) is 27.4. The Bertz CT molecular complexity index is 1360. The zero-order valence-corrected chi connectivity index (χ0v) is 22.3. The second kappa shape index (κ2) is 10.8. The van der Waals surface area contributed by atoms with Gasteiger partial charge >= 0.3 is 0 Å². The molecule has 2 unspecified atom stereocenters. The van der Waals surface area contributed by atoms with Gasteiger partial charge in [0.1, 0.15) is 35.7 Å². The molecule has 0 radical (unpaired) electrons. The minimum Gasteiger partial charge on any atom is -0.497 e. The van der Waals surface area contributed by atoms with Crippen molar-refractivity contribution in [1.82, 2.24) is 10.2 Å². The third-order valence-electron chi connectivity index (χ3n) is 8.05. The van der Waals surface area contributed by atoms with E-state index in [1.807, 2.05) is 60.7 Å². The molecule has 3 aromatic rings. The molecule has 0 saturated carbocycles. The summed E-state index contributed by atoms with van der Waals surface area (Å²) in [6.07, 6.45) is -0.205. The minimum atomic E-state index is -1.29. The monoisotopic (exact) mass is 541 g/mol. The van der Waals surface area contributed by atoms with Crippen LogP contribution >= 0.6 is 0 Å². The molecule has 3 aliphatic heterocycles. The highest BCUT2D eigenvalue weighted by Gasteiger charge is 2.50. The van der Waals surface area contributed by atoms with Gasteiger partial charge in [-0.15, -0.1) is 0 Å². The molecule has 8 nitrogen and oxygen atoms in total. The van der Waals surface area contributed by atoms with E-state index in [-0.39, 0.29) is 6.61 Å². The highest BCUT2D eigenvalue weighted by atomic mass is 19.1. The number of rotatable bonds is 7. The minimum absolute atomic E-state index is 0.243. The lowest BCUT2D eigenvalue weighted by molar-refractivity contribution is -0.0656. The molecule has 0 aliphatic carbocycles. The fraction of sp³-hybridized carbons (Fsp3) is 0.323. The van der Waals surface area contributed by atoms with E-state index < -0.39 is 42.2 Å². The van der Waals surface area contributed by atoms with Crippen LogP contribution < -0.4 is 10.1 Å². The molecule has 6 rings (SSSR count). The Hall–Kier alpha value is -4.08. The number of aliphatic imine (C=N–C) groups is 3. The Labute approximate surface area is 232 Å². The van der Waals surface area contributed by atoms with Gasteiger partial charge in [0, 0.05) is 5.92 Å². The van der Waals surface area contributed by atoms with Crippen LogP contribution in [-0.4, -0.2) is 72.9 Å². The van der Waals surface area contributed by atoms with Crippen LogP contribution in [0.5, 0.6) is 5.75 Å². The van der Waals surface area contributed by atoms with E-state index in [4.69, 9.17) is 14.5 Å². The van der Waals surface area contributed by atoms with Crippen molar-refractivity contribution in [3.05, 3.63) is 102 Å². The predicted molar refractivity (Wildman–Crippen MR) is 153 cm³/mol. The summed E-state index contributed by atoms with van der Waals surface area (Å²) in [5.41, 5.74) is 2.16. The number of methoxy groups -OCH3 is 1. The SMILES string of the molecule is COc1ccc(C(NC2=NC=NC3C2N=CN3[C@@H]2O[C@H](CO)[C@@H](C)[C@H]2F)(c2ccccc2)c2ccccc2)cc1.